The quantitative estimate of drug-likeness (QED) is 0.163. The summed E-state index contributed by atoms with van der Waals surface area (Å²) in [6.45, 7) is 5.10. The van der Waals surface area contributed by atoms with Crippen molar-refractivity contribution in [2.24, 2.45) is 0 Å². The van der Waals surface area contributed by atoms with Crippen LogP contribution in [0.15, 0.2) is 188 Å². The maximum Gasteiger partial charge on any atom is 0.113 e. The Balaban J connectivity index is 1.27. The first kappa shape index (κ1) is 30.4. The van der Waals surface area contributed by atoms with Crippen LogP contribution in [0.5, 0.6) is 0 Å². The van der Waals surface area contributed by atoms with Gasteiger partial charge in [0.15, 0.2) is 0 Å². The second-order valence-corrected chi connectivity index (χ2v) is 19.6. The summed E-state index contributed by atoms with van der Waals surface area (Å²) >= 11 is 0. The van der Waals surface area contributed by atoms with Crippen LogP contribution in [0.25, 0.3) is 60.9 Å². The second kappa shape index (κ2) is 11.1. The lowest BCUT2D eigenvalue weighted by atomic mass is 9.62. The highest BCUT2D eigenvalue weighted by Gasteiger charge is 2.53. The molecule has 1 unspecified atom stereocenters. The van der Waals surface area contributed by atoms with E-state index in [1.54, 1.807) is 0 Å². The highest BCUT2D eigenvalue weighted by Crippen LogP contribution is 2.55. The van der Waals surface area contributed by atoms with E-state index in [1.165, 1.54) is 93.5 Å². The standard InChI is InChI=1S/C51H37NSi/c1-53(2)48-27-14-11-23-43(48)51(42-22-10-13-26-47(42)52-46-25-12-9-20-40(46)41-21-15-24-44(51)50(41)52)45-33-36(28-29-49(45)53)39-31-37(34-16-5-3-6-17-34)30-38(32-39)35-18-7-4-8-19-35/h3-33H,1-2H3. The normalized spacial score (nSPS) is 16.3. The molecule has 0 fully saturated rings. The van der Waals surface area contributed by atoms with Crippen molar-refractivity contribution in [3.8, 4) is 39.1 Å². The molecule has 3 heterocycles. The molecule has 8 aromatic carbocycles. The summed E-state index contributed by atoms with van der Waals surface area (Å²) in [5.74, 6) is 0. The first-order valence-corrected chi connectivity index (χ1v) is 21.7. The van der Waals surface area contributed by atoms with Crippen LogP contribution in [0.1, 0.15) is 22.3 Å². The van der Waals surface area contributed by atoms with Gasteiger partial charge in [0.25, 0.3) is 0 Å². The predicted molar refractivity (Wildman–Crippen MR) is 226 cm³/mol. The van der Waals surface area contributed by atoms with Crippen molar-refractivity contribution in [2.45, 2.75) is 18.5 Å². The molecule has 2 aliphatic heterocycles. The van der Waals surface area contributed by atoms with Gasteiger partial charge < -0.3 is 4.57 Å². The predicted octanol–water partition coefficient (Wildman–Crippen LogP) is 11.6. The molecule has 0 saturated carbocycles. The van der Waals surface area contributed by atoms with E-state index in [1.807, 2.05) is 0 Å². The molecule has 1 aromatic heterocycles. The molecule has 9 aromatic rings. The number of hydrogen-bond acceptors (Lipinski definition) is 0. The van der Waals surface area contributed by atoms with Gasteiger partial charge in [-0.3, -0.25) is 0 Å². The molecule has 0 saturated heterocycles. The third-order valence-electron chi connectivity index (χ3n) is 12.2. The molecule has 0 aliphatic carbocycles. The van der Waals surface area contributed by atoms with E-state index in [-0.39, 0.29) is 0 Å². The zero-order valence-electron chi connectivity index (χ0n) is 29.8. The Kier molecular flexibility index (Phi) is 6.39. The van der Waals surface area contributed by atoms with Gasteiger partial charge in [-0.15, -0.1) is 0 Å². The van der Waals surface area contributed by atoms with Crippen LogP contribution in [-0.4, -0.2) is 12.6 Å². The van der Waals surface area contributed by atoms with Crippen LogP contribution in [0, 0.1) is 0 Å². The number of fused-ring (bicyclic) bond motifs is 11. The fourth-order valence-electron chi connectivity index (χ4n) is 9.90. The molecule has 0 radical (unpaired) electrons. The summed E-state index contributed by atoms with van der Waals surface area (Å²) in [5, 5.41) is 5.65. The number of nitrogens with zero attached hydrogens (tertiary/aromatic N) is 1. The Morgan fingerprint density at radius 2 is 0.925 bits per heavy atom. The maximum atomic E-state index is 2.58. The number of rotatable bonds is 3. The van der Waals surface area contributed by atoms with Crippen molar-refractivity contribution < 1.29 is 0 Å². The van der Waals surface area contributed by atoms with Gasteiger partial charge in [0.2, 0.25) is 0 Å². The number of hydrogen-bond donors (Lipinski definition) is 0. The molecule has 0 bridgehead atoms. The highest BCUT2D eigenvalue weighted by molar-refractivity contribution is 7.01. The number of para-hydroxylation sites is 3. The largest absolute Gasteiger partial charge is 0.309 e. The van der Waals surface area contributed by atoms with Gasteiger partial charge in [0.1, 0.15) is 8.07 Å². The first-order valence-electron chi connectivity index (χ1n) is 18.7. The third kappa shape index (κ3) is 4.13. The SMILES string of the molecule is C[Si]1(C)c2ccccc2C2(c3ccccc3-n3c4ccccc4c4cccc2c43)c2cc(-c3cc(-c4ccccc4)cc(-c4ccccc4)c3)ccc21. The Labute approximate surface area is 311 Å². The van der Waals surface area contributed by atoms with E-state index in [4.69, 9.17) is 0 Å². The van der Waals surface area contributed by atoms with Crippen LogP contribution in [-0.2, 0) is 5.41 Å². The van der Waals surface area contributed by atoms with Crippen molar-refractivity contribution in [3.63, 3.8) is 0 Å². The highest BCUT2D eigenvalue weighted by atomic mass is 28.3. The summed E-state index contributed by atoms with van der Waals surface area (Å²) in [7, 11) is -2.13. The molecule has 250 valence electrons. The van der Waals surface area contributed by atoms with Crippen molar-refractivity contribution in [2.75, 3.05) is 0 Å². The van der Waals surface area contributed by atoms with E-state index in [2.05, 4.69) is 206 Å². The van der Waals surface area contributed by atoms with Crippen molar-refractivity contribution in [3.05, 3.63) is 210 Å². The zero-order chi connectivity index (χ0) is 35.3. The molecule has 11 rings (SSSR count). The van der Waals surface area contributed by atoms with Gasteiger partial charge in [-0.05, 0) is 102 Å². The fourth-order valence-corrected chi connectivity index (χ4v) is 13.1. The molecule has 53 heavy (non-hydrogen) atoms. The number of benzene rings is 8. The molecule has 1 atom stereocenters. The van der Waals surface area contributed by atoms with Crippen molar-refractivity contribution in [1.82, 2.24) is 4.57 Å². The lowest BCUT2D eigenvalue weighted by molar-refractivity contribution is 0.732. The summed E-state index contributed by atoms with van der Waals surface area (Å²) in [6, 6.07) is 70.8. The average molecular weight is 692 g/mol. The van der Waals surface area contributed by atoms with Gasteiger partial charge in [-0.25, -0.2) is 0 Å². The summed E-state index contributed by atoms with van der Waals surface area (Å²) in [6.07, 6.45) is 0. The minimum atomic E-state index is -2.13. The first-order chi connectivity index (χ1) is 26.0. The van der Waals surface area contributed by atoms with Crippen LogP contribution in [0.2, 0.25) is 13.1 Å². The third-order valence-corrected chi connectivity index (χ3v) is 15.8. The monoisotopic (exact) mass is 691 g/mol. The molecule has 1 spiro atoms. The molecule has 0 amide bonds. The number of aromatic nitrogens is 1. The second-order valence-electron chi connectivity index (χ2n) is 15.3. The Hall–Kier alpha value is -6.22. The lowest BCUT2D eigenvalue weighted by Crippen LogP contribution is -2.63. The van der Waals surface area contributed by atoms with Gasteiger partial charge >= 0.3 is 0 Å². The van der Waals surface area contributed by atoms with Gasteiger partial charge in [0, 0.05) is 10.8 Å². The molecule has 0 N–H and O–H groups in total. The van der Waals surface area contributed by atoms with Gasteiger partial charge in [-0.1, -0.05) is 165 Å². The van der Waals surface area contributed by atoms with Crippen molar-refractivity contribution >= 4 is 40.3 Å². The van der Waals surface area contributed by atoms with E-state index in [0.717, 1.165) is 0 Å². The van der Waals surface area contributed by atoms with E-state index in [0.29, 0.717) is 0 Å². The van der Waals surface area contributed by atoms with Crippen LogP contribution < -0.4 is 10.4 Å². The van der Waals surface area contributed by atoms with Gasteiger partial charge in [-0.2, -0.15) is 0 Å². The molecule has 2 aliphatic rings. The fraction of sp³-hybridized carbons (Fsp3) is 0.0588. The topological polar surface area (TPSA) is 4.93 Å². The summed E-state index contributed by atoms with van der Waals surface area (Å²) in [5.41, 5.74) is 16.3. The van der Waals surface area contributed by atoms with Gasteiger partial charge in [0.05, 0.1) is 22.1 Å². The average Bonchev–Trinajstić information content (AvgIpc) is 3.57. The minimum absolute atomic E-state index is 0.496. The van der Waals surface area contributed by atoms with E-state index >= 15 is 0 Å². The maximum absolute atomic E-state index is 2.58. The summed E-state index contributed by atoms with van der Waals surface area (Å²) < 4.78 is 2.54. The van der Waals surface area contributed by atoms with Crippen molar-refractivity contribution in [1.29, 1.82) is 0 Å². The minimum Gasteiger partial charge on any atom is -0.309 e. The van der Waals surface area contributed by atoms with Crippen LogP contribution >= 0.6 is 0 Å². The van der Waals surface area contributed by atoms with E-state index in [9.17, 15) is 0 Å². The molecular weight excluding hydrogens is 655 g/mol. The summed E-state index contributed by atoms with van der Waals surface area (Å²) in [4.78, 5) is 0. The van der Waals surface area contributed by atoms with Crippen LogP contribution in [0.3, 0.4) is 0 Å². The smallest absolute Gasteiger partial charge is 0.113 e. The zero-order valence-corrected chi connectivity index (χ0v) is 30.8. The molecule has 1 nitrogen and oxygen atoms in total. The Morgan fingerprint density at radius 1 is 0.377 bits per heavy atom. The Morgan fingerprint density at radius 3 is 1.66 bits per heavy atom. The van der Waals surface area contributed by atoms with E-state index < -0.39 is 13.5 Å². The molecular formula is C51H37NSi. The van der Waals surface area contributed by atoms with Crippen LogP contribution in [0.4, 0.5) is 0 Å². The Bertz CT molecular complexity index is 2860. The lowest BCUT2D eigenvalue weighted by Gasteiger charge is -2.49. The molecule has 2 heteroatoms.